The number of imidazole rings is 1. The zero-order valence-electron chi connectivity index (χ0n) is 13.9. The molecule has 0 bridgehead atoms. The van der Waals surface area contributed by atoms with Gasteiger partial charge >= 0.3 is 0 Å². The summed E-state index contributed by atoms with van der Waals surface area (Å²) in [7, 11) is 0. The van der Waals surface area contributed by atoms with E-state index in [4.69, 9.17) is 4.42 Å². The van der Waals surface area contributed by atoms with E-state index in [2.05, 4.69) is 15.3 Å². The van der Waals surface area contributed by atoms with Gasteiger partial charge in [0.05, 0.1) is 12.1 Å². The van der Waals surface area contributed by atoms with Crippen molar-refractivity contribution in [2.24, 2.45) is 5.92 Å². The van der Waals surface area contributed by atoms with Crippen LogP contribution < -0.4 is 5.32 Å². The first-order valence-corrected chi connectivity index (χ1v) is 8.37. The molecule has 5 rings (SSSR count). The zero-order valence-corrected chi connectivity index (χ0v) is 13.9. The van der Waals surface area contributed by atoms with Gasteiger partial charge in [0.15, 0.2) is 17.8 Å². The van der Waals surface area contributed by atoms with Crippen molar-refractivity contribution in [3.8, 4) is 11.1 Å². The Morgan fingerprint density at radius 3 is 2.96 bits per heavy atom. The van der Waals surface area contributed by atoms with Gasteiger partial charge in [-0.05, 0) is 37.1 Å². The first-order chi connectivity index (χ1) is 12.6. The van der Waals surface area contributed by atoms with Gasteiger partial charge < -0.3 is 14.1 Å². The molecule has 3 aromatic heterocycles. The van der Waals surface area contributed by atoms with E-state index in [1.165, 1.54) is 6.39 Å². The largest absolute Gasteiger partial charge is 0.443 e. The second kappa shape index (κ2) is 5.39. The maximum Gasteiger partial charge on any atom is 0.231 e. The minimum atomic E-state index is -1.02. The lowest BCUT2D eigenvalue weighted by atomic mass is 10.0. The minimum Gasteiger partial charge on any atom is -0.443 e. The van der Waals surface area contributed by atoms with Crippen molar-refractivity contribution in [2.45, 2.75) is 19.5 Å². The number of amides is 1. The maximum absolute atomic E-state index is 13.0. The molecule has 4 aromatic rings. The number of pyridine rings is 1. The fraction of sp³-hybridized carbons (Fsp3) is 0.211. The van der Waals surface area contributed by atoms with Crippen LogP contribution in [0, 0.1) is 12.8 Å². The Kier molecular flexibility index (Phi) is 3.12. The molecule has 6 nitrogen and oxygen atoms in total. The first-order valence-electron chi connectivity index (χ1n) is 8.37. The van der Waals surface area contributed by atoms with E-state index in [0.29, 0.717) is 17.9 Å². The van der Waals surface area contributed by atoms with Gasteiger partial charge in [0.25, 0.3) is 0 Å². The van der Waals surface area contributed by atoms with E-state index in [-0.39, 0.29) is 5.91 Å². The Morgan fingerprint density at radius 2 is 2.15 bits per heavy atom. The highest BCUT2D eigenvalue weighted by atomic mass is 19.1. The van der Waals surface area contributed by atoms with E-state index in [0.717, 1.165) is 27.8 Å². The number of anilines is 1. The van der Waals surface area contributed by atoms with Gasteiger partial charge in [0.1, 0.15) is 17.3 Å². The summed E-state index contributed by atoms with van der Waals surface area (Å²) in [6.45, 7) is 2.02. The summed E-state index contributed by atoms with van der Waals surface area (Å²) in [5.74, 6) is -0.435. The number of nitrogens with one attached hydrogen (secondary N) is 1. The third-order valence-electron chi connectivity index (χ3n) is 4.75. The number of halogens is 1. The number of hydrogen-bond acceptors (Lipinski definition) is 4. The van der Waals surface area contributed by atoms with Gasteiger partial charge in [0.2, 0.25) is 5.91 Å². The van der Waals surface area contributed by atoms with Crippen molar-refractivity contribution < 1.29 is 13.6 Å². The first kappa shape index (κ1) is 15.1. The Balaban J connectivity index is 1.54. The lowest BCUT2D eigenvalue weighted by molar-refractivity contribution is -0.117. The monoisotopic (exact) mass is 350 g/mol. The highest BCUT2D eigenvalue weighted by Crippen LogP contribution is 2.35. The highest BCUT2D eigenvalue weighted by molar-refractivity contribution is 5.94. The molecule has 0 aliphatic heterocycles. The third-order valence-corrected chi connectivity index (χ3v) is 4.75. The number of aromatic nitrogens is 3. The van der Waals surface area contributed by atoms with Crippen molar-refractivity contribution in [2.75, 3.05) is 5.32 Å². The summed E-state index contributed by atoms with van der Waals surface area (Å²) in [6, 6.07) is 7.73. The smallest absolute Gasteiger partial charge is 0.231 e. The number of alkyl halides is 1. The second-order valence-corrected chi connectivity index (χ2v) is 6.61. The third kappa shape index (κ3) is 2.35. The molecule has 1 aliphatic carbocycles. The van der Waals surface area contributed by atoms with Crippen LogP contribution in [0.15, 0.2) is 47.5 Å². The molecule has 1 aliphatic rings. The molecule has 0 saturated heterocycles. The summed E-state index contributed by atoms with van der Waals surface area (Å²) in [6.07, 6.45) is 4.37. The molecule has 1 amide bonds. The number of rotatable bonds is 3. The van der Waals surface area contributed by atoms with Crippen molar-refractivity contribution in [3.63, 3.8) is 0 Å². The van der Waals surface area contributed by atoms with Gasteiger partial charge in [0, 0.05) is 17.3 Å². The molecule has 130 valence electrons. The van der Waals surface area contributed by atoms with E-state index >= 15 is 0 Å². The normalized spacial score (nSPS) is 19.2. The van der Waals surface area contributed by atoms with Crippen LogP contribution in [0.5, 0.6) is 0 Å². The average molecular weight is 350 g/mol. The van der Waals surface area contributed by atoms with Gasteiger partial charge in [-0.2, -0.15) is 0 Å². The van der Waals surface area contributed by atoms with Crippen LogP contribution in [0.1, 0.15) is 12.0 Å². The summed E-state index contributed by atoms with van der Waals surface area (Å²) in [4.78, 5) is 20.6. The zero-order chi connectivity index (χ0) is 17.8. The van der Waals surface area contributed by atoms with E-state index in [9.17, 15) is 9.18 Å². The molecule has 1 aromatic carbocycles. The van der Waals surface area contributed by atoms with Crippen molar-refractivity contribution >= 4 is 28.5 Å². The summed E-state index contributed by atoms with van der Waals surface area (Å²) < 4.78 is 20.2. The van der Waals surface area contributed by atoms with Crippen LogP contribution in [0.25, 0.3) is 27.9 Å². The van der Waals surface area contributed by atoms with Crippen molar-refractivity contribution in [3.05, 3.63) is 48.6 Å². The number of nitrogens with zero attached hydrogens (tertiary/aromatic N) is 3. The van der Waals surface area contributed by atoms with Gasteiger partial charge in [-0.1, -0.05) is 6.07 Å². The lowest BCUT2D eigenvalue weighted by Crippen LogP contribution is -2.15. The maximum atomic E-state index is 13.0. The van der Waals surface area contributed by atoms with Crippen LogP contribution in [0.4, 0.5) is 10.2 Å². The fourth-order valence-corrected chi connectivity index (χ4v) is 3.25. The molecular weight excluding hydrogens is 335 g/mol. The SMILES string of the molecule is Cc1ccc2ocnc2c1-c1ccc2nc(NC(=O)C3CC3F)cn2c1. The molecule has 1 N–H and O–H groups in total. The van der Waals surface area contributed by atoms with Crippen LogP contribution in [-0.2, 0) is 4.79 Å². The molecule has 7 heteroatoms. The topological polar surface area (TPSA) is 72.4 Å². The Labute approximate surface area is 147 Å². The Bertz CT molecular complexity index is 1160. The summed E-state index contributed by atoms with van der Waals surface area (Å²) in [5, 5.41) is 2.68. The molecule has 2 unspecified atom stereocenters. The molecule has 0 spiro atoms. The molecule has 1 fully saturated rings. The minimum absolute atomic E-state index is 0.296. The number of carbonyl (C=O) groups is 1. The summed E-state index contributed by atoms with van der Waals surface area (Å²) in [5.41, 5.74) is 5.28. The number of benzene rings is 1. The molecule has 0 radical (unpaired) electrons. The quantitative estimate of drug-likeness (QED) is 0.611. The molecule has 3 heterocycles. The number of hydrogen-bond donors (Lipinski definition) is 1. The van der Waals surface area contributed by atoms with Crippen LogP contribution in [0.3, 0.4) is 0 Å². The predicted octanol–water partition coefficient (Wildman–Crippen LogP) is 3.75. The van der Waals surface area contributed by atoms with Gasteiger partial charge in [-0.25, -0.2) is 14.4 Å². The fourth-order valence-electron chi connectivity index (χ4n) is 3.25. The highest BCUT2D eigenvalue weighted by Gasteiger charge is 2.43. The van der Waals surface area contributed by atoms with E-state index in [1.54, 1.807) is 6.20 Å². The second-order valence-electron chi connectivity index (χ2n) is 6.61. The van der Waals surface area contributed by atoms with Gasteiger partial charge in [-0.3, -0.25) is 4.79 Å². The number of aryl methyl sites for hydroxylation is 1. The van der Waals surface area contributed by atoms with Crippen molar-refractivity contribution in [1.29, 1.82) is 0 Å². The Morgan fingerprint density at radius 1 is 1.31 bits per heavy atom. The summed E-state index contributed by atoms with van der Waals surface area (Å²) >= 11 is 0. The predicted molar refractivity (Wildman–Crippen MR) is 94.6 cm³/mol. The molecular formula is C19H15FN4O2. The van der Waals surface area contributed by atoms with Crippen molar-refractivity contribution in [1.82, 2.24) is 14.4 Å². The molecule has 26 heavy (non-hydrogen) atoms. The number of fused-ring (bicyclic) bond motifs is 2. The Hall–Kier alpha value is -3.22. The molecule has 2 atom stereocenters. The molecule has 1 saturated carbocycles. The average Bonchev–Trinajstić information content (AvgIpc) is 3.02. The van der Waals surface area contributed by atoms with Crippen LogP contribution in [-0.4, -0.2) is 26.4 Å². The lowest BCUT2D eigenvalue weighted by Gasteiger charge is -2.07. The van der Waals surface area contributed by atoms with Crippen LogP contribution in [0.2, 0.25) is 0 Å². The standard InChI is InChI=1S/C19H15FN4O2/c1-10-2-4-14-18(21-9-26-14)17(10)11-3-5-16-22-15(8-24(16)7-11)23-19(25)12-6-13(12)20/h2-5,7-9,12-13H,6H2,1H3,(H,23,25). The number of oxazole rings is 1. The van der Waals surface area contributed by atoms with Gasteiger partial charge in [-0.15, -0.1) is 0 Å². The number of carbonyl (C=O) groups excluding carboxylic acids is 1. The van der Waals surface area contributed by atoms with Crippen LogP contribution >= 0.6 is 0 Å². The van der Waals surface area contributed by atoms with E-state index < -0.39 is 12.1 Å². The van der Waals surface area contributed by atoms with E-state index in [1.807, 2.05) is 41.8 Å².